The molecule has 7 nitrogen and oxygen atoms in total. The maximum atomic E-state index is 6.07. The highest BCUT2D eigenvalue weighted by Gasteiger charge is 2.65. The maximum absolute atomic E-state index is 6.07. The van der Waals surface area contributed by atoms with Gasteiger partial charge in [-0.25, -0.2) is 0 Å². The SMILES string of the molecule is CCc1nncn1CCNC(=NC)NC1C2CCOC2C12CCCC2.I. The van der Waals surface area contributed by atoms with Gasteiger partial charge >= 0.3 is 0 Å². The third-order valence-electron chi connectivity index (χ3n) is 6.46. The third kappa shape index (κ3) is 3.34. The monoisotopic (exact) mass is 474 g/mol. The Morgan fingerprint density at radius 1 is 1.42 bits per heavy atom. The first-order valence-electron chi connectivity index (χ1n) is 9.74. The van der Waals surface area contributed by atoms with E-state index in [0.717, 1.165) is 37.9 Å². The molecule has 3 unspecified atom stereocenters. The lowest BCUT2D eigenvalue weighted by Crippen LogP contribution is -2.69. The minimum atomic E-state index is 0. The predicted molar refractivity (Wildman–Crippen MR) is 112 cm³/mol. The molecule has 4 rings (SSSR count). The number of ether oxygens (including phenoxy) is 1. The predicted octanol–water partition coefficient (Wildman–Crippen LogP) is 1.97. The van der Waals surface area contributed by atoms with Gasteiger partial charge in [-0.15, -0.1) is 34.2 Å². The van der Waals surface area contributed by atoms with Gasteiger partial charge in [0.15, 0.2) is 5.96 Å². The van der Waals surface area contributed by atoms with Crippen molar-refractivity contribution in [2.45, 2.75) is 64.1 Å². The number of nitrogens with one attached hydrogen (secondary N) is 2. The highest BCUT2D eigenvalue weighted by Crippen LogP contribution is 2.60. The van der Waals surface area contributed by atoms with Crippen LogP contribution in [-0.4, -0.2) is 53.1 Å². The Labute approximate surface area is 172 Å². The van der Waals surface area contributed by atoms with Crippen LogP contribution in [0.15, 0.2) is 11.3 Å². The summed E-state index contributed by atoms with van der Waals surface area (Å²) in [4.78, 5) is 4.45. The molecule has 8 heteroatoms. The van der Waals surface area contributed by atoms with Gasteiger partial charge in [0.2, 0.25) is 0 Å². The Morgan fingerprint density at radius 3 is 2.96 bits per heavy atom. The molecule has 2 N–H and O–H groups in total. The number of aliphatic imine (C=N–C) groups is 1. The molecule has 0 radical (unpaired) electrons. The summed E-state index contributed by atoms with van der Waals surface area (Å²) < 4.78 is 8.17. The van der Waals surface area contributed by atoms with Crippen molar-refractivity contribution in [1.82, 2.24) is 25.4 Å². The number of fused-ring (bicyclic) bond motifs is 2. The Morgan fingerprint density at radius 2 is 2.23 bits per heavy atom. The van der Waals surface area contributed by atoms with Crippen molar-refractivity contribution in [1.29, 1.82) is 0 Å². The summed E-state index contributed by atoms with van der Waals surface area (Å²) in [5, 5.41) is 15.3. The van der Waals surface area contributed by atoms with Crippen LogP contribution in [0.1, 0.15) is 44.9 Å². The minimum absolute atomic E-state index is 0. The standard InChI is InChI=1S/C18H30N6O.HI/c1-3-14-23-21-12-24(14)10-9-20-17(19-2)22-15-13-6-11-25-16(13)18(15)7-4-5-8-18;/h12-13,15-16H,3-11H2,1-2H3,(H2,19,20,22);1H. The van der Waals surface area contributed by atoms with Crippen LogP contribution in [0.3, 0.4) is 0 Å². The normalized spacial score (nSPS) is 29.2. The van der Waals surface area contributed by atoms with E-state index in [-0.39, 0.29) is 24.0 Å². The first-order valence-corrected chi connectivity index (χ1v) is 9.74. The fourth-order valence-corrected chi connectivity index (χ4v) is 5.28. The Kier molecular flexibility index (Phi) is 6.42. The first kappa shape index (κ1) is 19.9. The highest BCUT2D eigenvalue weighted by atomic mass is 127. The summed E-state index contributed by atoms with van der Waals surface area (Å²) in [6.45, 7) is 4.69. The van der Waals surface area contributed by atoms with Crippen LogP contribution >= 0.6 is 24.0 Å². The summed E-state index contributed by atoms with van der Waals surface area (Å²) in [6, 6.07) is 0.509. The van der Waals surface area contributed by atoms with Gasteiger partial charge in [0, 0.05) is 50.5 Å². The van der Waals surface area contributed by atoms with E-state index >= 15 is 0 Å². The number of nitrogens with zero attached hydrogens (tertiary/aromatic N) is 4. The summed E-state index contributed by atoms with van der Waals surface area (Å²) in [6.07, 6.45) is 9.63. The van der Waals surface area contributed by atoms with Crippen molar-refractivity contribution in [3.05, 3.63) is 12.2 Å². The smallest absolute Gasteiger partial charge is 0.191 e. The molecule has 3 atom stereocenters. The van der Waals surface area contributed by atoms with Crippen molar-refractivity contribution in [3.63, 3.8) is 0 Å². The van der Waals surface area contributed by atoms with Crippen molar-refractivity contribution in [2.24, 2.45) is 16.3 Å². The summed E-state index contributed by atoms with van der Waals surface area (Å²) in [5.41, 5.74) is 0.350. The Balaban J connectivity index is 0.00000196. The number of halogens is 1. The minimum Gasteiger partial charge on any atom is -0.377 e. The molecule has 2 saturated carbocycles. The van der Waals surface area contributed by atoms with Gasteiger partial charge in [-0.3, -0.25) is 4.99 Å². The van der Waals surface area contributed by atoms with Gasteiger partial charge in [-0.1, -0.05) is 19.8 Å². The quantitative estimate of drug-likeness (QED) is 0.388. The van der Waals surface area contributed by atoms with E-state index in [1.807, 2.05) is 7.05 Å². The van der Waals surface area contributed by atoms with Crippen molar-refractivity contribution in [2.75, 3.05) is 20.2 Å². The largest absolute Gasteiger partial charge is 0.377 e. The molecule has 0 aromatic carbocycles. The van der Waals surface area contributed by atoms with Gasteiger partial charge < -0.3 is 19.9 Å². The number of aryl methyl sites for hydroxylation is 1. The molecule has 0 bridgehead atoms. The van der Waals surface area contributed by atoms with Crippen LogP contribution in [0, 0.1) is 11.3 Å². The zero-order valence-electron chi connectivity index (χ0n) is 15.8. The van der Waals surface area contributed by atoms with Crippen LogP contribution in [-0.2, 0) is 17.7 Å². The van der Waals surface area contributed by atoms with Gasteiger partial charge in [-0.05, 0) is 19.3 Å². The maximum Gasteiger partial charge on any atom is 0.191 e. The molecular formula is C18H31IN6O. The molecule has 1 aliphatic heterocycles. The van der Waals surface area contributed by atoms with E-state index in [4.69, 9.17) is 4.74 Å². The average Bonchev–Trinajstić information content (AvgIpc) is 3.37. The Bertz CT molecular complexity index is 627. The fraction of sp³-hybridized carbons (Fsp3) is 0.833. The molecule has 0 amide bonds. The van der Waals surface area contributed by atoms with E-state index in [1.54, 1.807) is 6.33 Å². The zero-order chi connectivity index (χ0) is 17.3. The van der Waals surface area contributed by atoms with Crippen LogP contribution in [0.25, 0.3) is 0 Å². The number of aromatic nitrogens is 3. The number of guanidine groups is 1. The van der Waals surface area contributed by atoms with Gasteiger partial charge in [0.05, 0.1) is 6.10 Å². The topological polar surface area (TPSA) is 76.4 Å². The molecule has 146 valence electrons. The van der Waals surface area contributed by atoms with E-state index in [0.29, 0.717) is 23.5 Å². The zero-order valence-corrected chi connectivity index (χ0v) is 18.1. The molecule has 2 heterocycles. The summed E-state index contributed by atoms with van der Waals surface area (Å²) in [7, 11) is 1.86. The summed E-state index contributed by atoms with van der Waals surface area (Å²) >= 11 is 0. The van der Waals surface area contributed by atoms with Crippen LogP contribution in [0.5, 0.6) is 0 Å². The fourth-order valence-electron chi connectivity index (χ4n) is 5.28. The number of hydrogen-bond acceptors (Lipinski definition) is 4. The molecular weight excluding hydrogens is 443 g/mol. The lowest BCUT2D eigenvalue weighted by Gasteiger charge is -2.57. The van der Waals surface area contributed by atoms with Crippen molar-refractivity contribution < 1.29 is 4.74 Å². The van der Waals surface area contributed by atoms with Crippen LogP contribution in [0.4, 0.5) is 0 Å². The number of hydrogen-bond donors (Lipinski definition) is 2. The molecule has 1 aromatic rings. The van der Waals surface area contributed by atoms with Crippen LogP contribution < -0.4 is 10.6 Å². The average molecular weight is 474 g/mol. The second-order valence-corrected chi connectivity index (χ2v) is 7.60. The molecule has 2 aliphatic carbocycles. The van der Waals surface area contributed by atoms with Gasteiger partial charge in [-0.2, -0.15) is 0 Å². The van der Waals surface area contributed by atoms with Crippen molar-refractivity contribution in [3.8, 4) is 0 Å². The molecule has 3 aliphatic rings. The number of rotatable bonds is 5. The van der Waals surface area contributed by atoms with E-state index < -0.39 is 0 Å². The lowest BCUT2D eigenvalue weighted by molar-refractivity contribution is -0.125. The first-order chi connectivity index (χ1) is 12.3. The van der Waals surface area contributed by atoms with Gasteiger partial charge in [0.25, 0.3) is 0 Å². The van der Waals surface area contributed by atoms with E-state index in [2.05, 4.69) is 37.3 Å². The lowest BCUT2D eigenvalue weighted by atomic mass is 9.54. The molecule has 1 saturated heterocycles. The molecule has 3 fully saturated rings. The van der Waals surface area contributed by atoms with Gasteiger partial charge in [0.1, 0.15) is 12.2 Å². The second kappa shape index (κ2) is 8.41. The second-order valence-electron chi connectivity index (χ2n) is 7.60. The summed E-state index contributed by atoms with van der Waals surface area (Å²) in [5.74, 6) is 2.59. The molecule has 26 heavy (non-hydrogen) atoms. The third-order valence-corrected chi connectivity index (χ3v) is 6.46. The highest BCUT2D eigenvalue weighted by molar-refractivity contribution is 14.0. The molecule has 1 spiro atoms. The van der Waals surface area contributed by atoms with E-state index in [9.17, 15) is 0 Å². The van der Waals surface area contributed by atoms with E-state index in [1.165, 1.54) is 32.1 Å². The van der Waals surface area contributed by atoms with Crippen LogP contribution in [0.2, 0.25) is 0 Å². The molecule has 1 aromatic heterocycles. The van der Waals surface area contributed by atoms with Crippen molar-refractivity contribution >= 4 is 29.9 Å². The Hall–Kier alpha value is -0.900.